The van der Waals surface area contributed by atoms with Crippen LogP contribution in [0.5, 0.6) is 0 Å². The van der Waals surface area contributed by atoms with Crippen LogP contribution in [0.25, 0.3) is 0 Å². The highest BCUT2D eigenvalue weighted by Crippen LogP contribution is 2.32. The molecule has 1 aliphatic rings. The Kier molecular flexibility index (Phi) is 3.49. The van der Waals surface area contributed by atoms with Gasteiger partial charge in [-0.25, -0.2) is 5.43 Å². The number of nitrogens with one attached hydrogen (secondary N) is 2. The van der Waals surface area contributed by atoms with Crippen LogP contribution in [0.4, 0.5) is 0 Å². The molecule has 0 spiro atoms. The number of hydrogen-bond acceptors (Lipinski definition) is 2. The molecule has 4 heteroatoms. The molecule has 0 aliphatic heterocycles. The Morgan fingerprint density at radius 1 is 1.43 bits per heavy atom. The molecule has 14 heavy (non-hydrogen) atoms. The number of hydrogen-bond donors (Lipinski definition) is 3. The van der Waals surface area contributed by atoms with Crippen molar-refractivity contribution < 1.29 is 0 Å². The molecule has 0 aromatic carbocycles. The third-order valence-corrected chi connectivity index (χ3v) is 2.74. The second-order valence-corrected chi connectivity index (χ2v) is 4.72. The van der Waals surface area contributed by atoms with E-state index in [1.54, 1.807) is 0 Å². The zero-order valence-corrected chi connectivity index (χ0v) is 9.06. The van der Waals surface area contributed by atoms with Crippen LogP contribution >= 0.6 is 0 Å². The molecule has 0 atom stereocenters. The van der Waals surface area contributed by atoms with Gasteiger partial charge in [-0.1, -0.05) is 13.8 Å². The van der Waals surface area contributed by atoms with Crippen LogP contribution in [0, 0.1) is 10.8 Å². The Bertz CT molecular complexity index is 243. The average molecular weight is 196 g/mol. The SMILES string of the molecule is CC1(C)CCCC(=NNC(=N)N)CC1. The maximum atomic E-state index is 7.01. The lowest BCUT2D eigenvalue weighted by molar-refractivity contribution is 0.317. The summed E-state index contributed by atoms with van der Waals surface area (Å²) in [4.78, 5) is 0. The molecule has 4 nitrogen and oxygen atoms in total. The van der Waals surface area contributed by atoms with Gasteiger partial charge in [0.15, 0.2) is 0 Å². The van der Waals surface area contributed by atoms with Crippen molar-refractivity contribution in [1.29, 1.82) is 5.41 Å². The van der Waals surface area contributed by atoms with E-state index in [-0.39, 0.29) is 5.96 Å². The van der Waals surface area contributed by atoms with Gasteiger partial charge in [-0.3, -0.25) is 5.41 Å². The Morgan fingerprint density at radius 3 is 2.79 bits per heavy atom. The largest absolute Gasteiger partial charge is 0.369 e. The molecule has 1 aliphatic carbocycles. The summed E-state index contributed by atoms with van der Waals surface area (Å²) in [5.41, 5.74) is 9.27. The number of hydrazone groups is 1. The van der Waals surface area contributed by atoms with Crippen molar-refractivity contribution in [1.82, 2.24) is 5.43 Å². The predicted molar refractivity (Wildman–Crippen MR) is 59.4 cm³/mol. The minimum absolute atomic E-state index is 0.0824. The molecule has 0 saturated heterocycles. The van der Waals surface area contributed by atoms with Gasteiger partial charge in [-0.15, -0.1) is 0 Å². The van der Waals surface area contributed by atoms with Gasteiger partial charge in [0.25, 0.3) is 0 Å². The van der Waals surface area contributed by atoms with Crippen molar-refractivity contribution >= 4 is 11.7 Å². The molecule has 1 saturated carbocycles. The summed E-state index contributed by atoms with van der Waals surface area (Å²) in [5.74, 6) is -0.0824. The summed E-state index contributed by atoms with van der Waals surface area (Å²) >= 11 is 0. The van der Waals surface area contributed by atoms with Crippen LogP contribution in [0.3, 0.4) is 0 Å². The summed E-state index contributed by atoms with van der Waals surface area (Å²) in [6.07, 6.45) is 5.67. The smallest absolute Gasteiger partial charge is 0.206 e. The van der Waals surface area contributed by atoms with E-state index < -0.39 is 0 Å². The molecule has 0 aromatic rings. The summed E-state index contributed by atoms with van der Waals surface area (Å²) in [5, 5.41) is 11.1. The minimum Gasteiger partial charge on any atom is -0.369 e. The molecular weight excluding hydrogens is 176 g/mol. The second kappa shape index (κ2) is 4.44. The minimum atomic E-state index is -0.0824. The normalized spacial score (nSPS) is 24.3. The first-order valence-corrected chi connectivity index (χ1v) is 5.15. The van der Waals surface area contributed by atoms with Crippen molar-refractivity contribution in [3.8, 4) is 0 Å². The van der Waals surface area contributed by atoms with Crippen molar-refractivity contribution in [2.75, 3.05) is 0 Å². The molecule has 80 valence electrons. The molecule has 1 rings (SSSR count). The van der Waals surface area contributed by atoms with E-state index in [0.717, 1.165) is 18.6 Å². The number of nitrogens with zero attached hydrogens (tertiary/aromatic N) is 1. The van der Waals surface area contributed by atoms with Crippen LogP contribution < -0.4 is 11.2 Å². The Labute approximate surface area is 85.5 Å². The monoisotopic (exact) mass is 196 g/mol. The van der Waals surface area contributed by atoms with Crippen molar-refractivity contribution in [2.24, 2.45) is 16.3 Å². The molecule has 0 radical (unpaired) electrons. The standard InChI is InChI=1S/C10H20N4/c1-10(2)6-3-4-8(5-7-10)13-14-9(11)12/h3-7H2,1-2H3,(H4,11,12,14). The summed E-state index contributed by atoms with van der Waals surface area (Å²) in [6, 6.07) is 0. The number of nitrogens with two attached hydrogens (primary N) is 1. The van der Waals surface area contributed by atoms with Crippen molar-refractivity contribution in [3.05, 3.63) is 0 Å². The number of guanidine groups is 1. The highest BCUT2D eigenvalue weighted by Gasteiger charge is 2.21. The topological polar surface area (TPSA) is 74.3 Å². The first kappa shape index (κ1) is 11.0. The fraction of sp³-hybridized carbons (Fsp3) is 0.800. The first-order valence-electron chi connectivity index (χ1n) is 5.15. The average Bonchev–Trinajstić information content (AvgIpc) is 2.23. The quantitative estimate of drug-likeness (QED) is 0.259. The van der Waals surface area contributed by atoms with Crippen LogP contribution in [-0.2, 0) is 0 Å². The maximum absolute atomic E-state index is 7.01. The number of rotatable bonds is 1. The van der Waals surface area contributed by atoms with Crippen LogP contribution in [0.15, 0.2) is 5.10 Å². The fourth-order valence-electron chi connectivity index (χ4n) is 1.75. The molecule has 4 N–H and O–H groups in total. The lowest BCUT2D eigenvalue weighted by Gasteiger charge is -2.20. The van der Waals surface area contributed by atoms with E-state index in [0.29, 0.717) is 5.41 Å². The molecule has 0 unspecified atom stereocenters. The van der Waals surface area contributed by atoms with E-state index in [1.807, 2.05) is 0 Å². The van der Waals surface area contributed by atoms with E-state index >= 15 is 0 Å². The molecular formula is C10H20N4. The summed E-state index contributed by atoms with van der Waals surface area (Å²) < 4.78 is 0. The zero-order valence-electron chi connectivity index (χ0n) is 9.06. The molecule has 0 bridgehead atoms. The molecule has 1 fully saturated rings. The Morgan fingerprint density at radius 2 is 2.14 bits per heavy atom. The highest BCUT2D eigenvalue weighted by molar-refractivity contribution is 5.86. The lowest BCUT2D eigenvalue weighted by atomic mass is 9.85. The highest BCUT2D eigenvalue weighted by atomic mass is 15.3. The van der Waals surface area contributed by atoms with E-state index in [1.165, 1.54) is 19.3 Å². The van der Waals surface area contributed by atoms with Gasteiger partial charge >= 0.3 is 0 Å². The van der Waals surface area contributed by atoms with Crippen molar-refractivity contribution in [2.45, 2.75) is 46.0 Å². The second-order valence-electron chi connectivity index (χ2n) is 4.72. The summed E-state index contributed by atoms with van der Waals surface area (Å²) in [6.45, 7) is 4.60. The van der Waals surface area contributed by atoms with Gasteiger partial charge < -0.3 is 5.73 Å². The van der Waals surface area contributed by atoms with E-state index in [9.17, 15) is 0 Å². The Hall–Kier alpha value is -1.06. The Balaban J connectivity index is 2.49. The fourth-order valence-corrected chi connectivity index (χ4v) is 1.75. The molecule has 0 amide bonds. The summed E-state index contributed by atoms with van der Waals surface area (Å²) in [7, 11) is 0. The van der Waals surface area contributed by atoms with Gasteiger partial charge in [0, 0.05) is 5.71 Å². The van der Waals surface area contributed by atoms with Crippen LogP contribution in [0.2, 0.25) is 0 Å². The molecule has 0 heterocycles. The van der Waals surface area contributed by atoms with Crippen LogP contribution in [0.1, 0.15) is 46.0 Å². The third kappa shape index (κ3) is 3.77. The van der Waals surface area contributed by atoms with Gasteiger partial charge in [-0.05, 0) is 37.5 Å². The third-order valence-electron chi connectivity index (χ3n) is 2.74. The van der Waals surface area contributed by atoms with Gasteiger partial charge in [0.1, 0.15) is 0 Å². The lowest BCUT2D eigenvalue weighted by Crippen LogP contribution is -2.26. The van der Waals surface area contributed by atoms with Crippen LogP contribution in [-0.4, -0.2) is 11.7 Å². The van der Waals surface area contributed by atoms with Gasteiger partial charge in [-0.2, -0.15) is 5.10 Å². The molecule has 0 aromatic heterocycles. The first-order chi connectivity index (χ1) is 6.49. The van der Waals surface area contributed by atoms with Gasteiger partial charge in [0.05, 0.1) is 0 Å². The van der Waals surface area contributed by atoms with Gasteiger partial charge in [0.2, 0.25) is 5.96 Å². The zero-order chi connectivity index (χ0) is 10.6. The maximum Gasteiger partial charge on any atom is 0.206 e. The predicted octanol–water partition coefficient (Wildman–Crippen LogP) is 1.82. The van der Waals surface area contributed by atoms with E-state index in [2.05, 4.69) is 24.4 Å². The van der Waals surface area contributed by atoms with Crippen molar-refractivity contribution in [3.63, 3.8) is 0 Å². The van der Waals surface area contributed by atoms with E-state index in [4.69, 9.17) is 11.1 Å².